The summed E-state index contributed by atoms with van der Waals surface area (Å²) in [4.78, 5) is 10.5. The molecule has 1 aromatic heterocycles. The van der Waals surface area contributed by atoms with Crippen molar-refractivity contribution in [1.82, 2.24) is 10.2 Å². The van der Waals surface area contributed by atoms with E-state index in [1.165, 1.54) is 82.0 Å². The van der Waals surface area contributed by atoms with Crippen molar-refractivity contribution in [1.29, 1.82) is 0 Å². The van der Waals surface area contributed by atoms with Crippen LogP contribution in [0.2, 0.25) is 0 Å². The highest BCUT2D eigenvalue weighted by Gasteiger charge is 1.94. The van der Waals surface area contributed by atoms with Crippen LogP contribution in [0, 0.1) is 0 Å². The van der Waals surface area contributed by atoms with E-state index < -0.39 is 0 Å². The lowest BCUT2D eigenvalue weighted by Crippen LogP contribution is -2.09. The molecule has 0 spiro atoms. The normalized spacial score (nSPS) is 10.6. The van der Waals surface area contributed by atoms with Gasteiger partial charge in [-0.1, -0.05) is 70.4 Å². The van der Waals surface area contributed by atoms with E-state index in [-0.39, 0.29) is 5.91 Å². The highest BCUT2D eigenvalue weighted by atomic mass is 32.1. The molecule has 0 unspecified atom stereocenters. The van der Waals surface area contributed by atoms with Gasteiger partial charge in [-0.15, -0.1) is 21.5 Å². The number of rotatable bonds is 15. The van der Waals surface area contributed by atoms with Crippen molar-refractivity contribution in [2.24, 2.45) is 5.73 Å². The molecule has 0 atom stereocenters. The van der Waals surface area contributed by atoms with E-state index in [4.69, 9.17) is 5.73 Å². The summed E-state index contributed by atoms with van der Waals surface area (Å²) in [6.45, 7) is 2.26. The Labute approximate surface area is 158 Å². The molecule has 144 valence electrons. The molecule has 0 saturated carbocycles. The molecular formula is C20H37N3OS. The van der Waals surface area contributed by atoms with Gasteiger partial charge in [-0.2, -0.15) is 0 Å². The van der Waals surface area contributed by atoms with Gasteiger partial charge in [0.2, 0.25) is 5.91 Å². The fraction of sp³-hybridized carbons (Fsp3) is 0.750. The van der Waals surface area contributed by atoms with Crippen LogP contribution in [0.3, 0.4) is 0 Å². The molecule has 0 aliphatic rings. The first-order chi connectivity index (χ1) is 12.3. The van der Waals surface area contributed by atoms with Gasteiger partial charge in [0, 0.05) is 6.42 Å². The Bertz CT molecular complexity index is 376. The predicted molar refractivity (Wildman–Crippen MR) is 109 cm³/mol. The number of nitrogens with zero attached hydrogens (tertiary/aromatic N) is 2. The van der Waals surface area contributed by atoms with Crippen molar-refractivity contribution >= 4 is 17.2 Å². The van der Waals surface area contributed by atoms with Crippen molar-refractivity contribution in [2.75, 3.05) is 0 Å². The van der Waals surface area contributed by atoms with Crippen LogP contribution in [0.4, 0.5) is 0 Å². The number of amides is 1. The highest BCUT2D eigenvalue weighted by Crippen LogP contribution is 2.09. The van der Waals surface area contributed by atoms with Gasteiger partial charge in [-0.25, -0.2) is 0 Å². The minimum atomic E-state index is -0.164. The molecule has 4 nitrogen and oxygen atoms in total. The second-order valence-electron chi connectivity index (χ2n) is 6.38. The fourth-order valence-corrected chi connectivity index (χ4v) is 2.78. The quantitative estimate of drug-likeness (QED) is 0.303. The first-order valence-corrected chi connectivity index (χ1v) is 10.8. The second kappa shape index (κ2) is 20.8. The van der Waals surface area contributed by atoms with E-state index in [1.54, 1.807) is 11.0 Å². The van der Waals surface area contributed by atoms with Gasteiger partial charge in [0.05, 0.1) is 0 Å². The van der Waals surface area contributed by atoms with Crippen LogP contribution in [0.1, 0.15) is 96.8 Å². The van der Waals surface area contributed by atoms with Crippen LogP contribution in [-0.2, 0) is 4.79 Å². The Morgan fingerprint density at radius 2 is 1.32 bits per heavy atom. The van der Waals surface area contributed by atoms with Crippen LogP contribution in [0.25, 0.3) is 0 Å². The third-order valence-electron chi connectivity index (χ3n) is 3.97. The number of nitrogens with two attached hydrogens (primary N) is 1. The molecule has 0 bridgehead atoms. The van der Waals surface area contributed by atoms with E-state index in [1.807, 2.05) is 0 Å². The summed E-state index contributed by atoms with van der Waals surface area (Å²) < 4.78 is 0. The number of aromatic nitrogens is 2. The Morgan fingerprint density at radius 1 is 0.840 bits per heavy atom. The van der Waals surface area contributed by atoms with Gasteiger partial charge in [0.25, 0.3) is 0 Å². The minimum Gasteiger partial charge on any atom is -0.370 e. The molecule has 0 fully saturated rings. The maximum Gasteiger partial charge on any atom is 0.217 e. The summed E-state index contributed by atoms with van der Waals surface area (Å²) in [7, 11) is 0. The number of allylic oxidation sites excluding steroid dienone is 2. The average Bonchev–Trinajstić information content (AvgIpc) is 3.18. The molecule has 1 amide bonds. The lowest BCUT2D eigenvalue weighted by molar-refractivity contribution is -0.118. The Hall–Kier alpha value is -1.23. The lowest BCUT2D eigenvalue weighted by Gasteiger charge is -1.99. The third-order valence-corrected chi connectivity index (χ3v) is 4.40. The van der Waals surface area contributed by atoms with E-state index in [2.05, 4.69) is 29.3 Å². The highest BCUT2D eigenvalue weighted by molar-refractivity contribution is 7.07. The first-order valence-electron chi connectivity index (χ1n) is 9.89. The monoisotopic (exact) mass is 367 g/mol. The average molecular weight is 368 g/mol. The summed E-state index contributed by atoms with van der Waals surface area (Å²) in [6.07, 6.45) is 21.9. The van der Waals surface area contributed by atoms with Gasteiger partial charge < -0.3 is 5.73 Å². The summed E-state index contributed by atoms with van der Waals surface area (Å²) in [5.74, 6) is -0.164. The number of carbonyl (C=O) groups excluding carboxylic acids is 1. The molecule has 1 heterocycles. The summed E-state index contributed by atoms with van der Waals surface area (Å²) in [5, 5.41) is 6.98. The predicted octanol–water partition coefficient (Wildman–Crippen LogP) is 6.05. The van der Waals surface area contributed by atoms with Crippen LogP contribution < -0.4 is 5.73 Å². The molecule has 0 aliphatic heterocycles. The molecule has 0 radical (unpaired) electrons. The number of carbonyl (C=O) groups is 1. The second-order valence-corrected chi connectivity index (χ2v) is 7.07. The van der Waals surface area contributed by atoms with Crippen LogP contribution in [0.15, 0.2) is 23.2 Å². The van der Waals surface area contributed by atoms with Gasteiger partial charge >= 0.3 is 0 Å². The largest absolute Gasteiger partial charge is 0.370 e. The number of hydrogen-bond acceptors (Lipinski definition) is 4. The maximum atomic E-state index is 10.5. The van der Waals surface area contributed by atoms with Crippen LogP contribution in [0.5, 0.6) is 0 Å². The standard InChI is InChI=1S/C18H35NO.C2H2N2S/c1-2-3-4-5-6-7-8-9-10-11-12-13-14-15-16-17-18(19)20;1-3-4-2-5-1/h9-10H,2-8,11-17H2,1H3,(H2,19,20);1-2H. The third kappa shape index (κ3) is 22.8. The zero-order chi connectivity index (χ0) is 18.4. The summed E-state index contributed by atoms with van der Waals surface area (Å²) in [5.41, 5.74) is 8.46. The molecule has 2 N–H and O–H groups in total. The molecule has 25 heavy (non-hydrogen) atoms. The van der Waals surface area contributed by atoms with E-state index >= 15 is 0 Å². The molecule has 0 saturated heterocycles. The van der Waals surface area contributed by atoms with Gasteiger partial charge in [0.1, 0.15) is 11.0 Å². The van der Waals surface area contributed by atoms with Gasteiger partial charge in [0.15, 0.2) is 0 Å². The van der Waals surface area contributed by atoms with Gasteiger partial charge in [-0.3, -0.25) is 4.79 Å². The van der Waals surface area contributed by atoms with Gasteiger partial charge in [-0.05, 0) is 32.1 Å². The lowest BCUT2D eigenvalue weighted by atomic mass is 10.1. The molecule has 1 aromatic rings. The van der Waals surface area contributed by atoms with Crippen molar-refractivity contribution < 1.29 is 4.79 Å². The van der Waals surface area contributed by atoms with Crippen LogP contribution in [-0.4, -0.2) is 16.1 Å². The Kier molecular flexibility index (Phi) is 19.8. The Balaban J connectivity index is 0.000000972. The smallest absolute Gasteiger partial charge is 0.217 e. The van der Waals surface area contributed by atoms with E-state index in [0.29, 0.717) is 6.42 Å². The topological polar surface area (TPSA) is 68.9 Å². The fourth-order valence-electron chi connectivity index (χ4n) is 2.51. The summed E-state index contributed by atoms with van der Waals surface area (Å²) in [6, 6.07) is 0. The number of unbranched alkanes of at least 4 members (excludes halogenated alkanes) is 11. The minimum absolute atomic E-state index is 0.164. The molecule has 0 aliphatic carbocycles. The Morgan fingerprint density at radius 3 is 1.76 bits per heavy atom. The van der Waals surface area contributed by atoms with E-state index in [0.717, 1.165) is 12.8 Å². The number of primary amides is 1. The van der Waals surface area contributed by atoms with Crippen molar-refractivity contribution in [3.63, 3.8) is 0 Å². The van der Waals surface area contributed by atoms with Crippen molar-refractivity contribution in [2.45, 2.75) is 96.8 Å². The zero-order valence-electron chi connectivity index (χ0n) is 16.0. The SMILES string of the molecule is CCCCCCCCC=CCCCCCCCC(N)=O.c1nncs1. The number of hydrogen-bond donors (Lipinski definition) is 1. The van der Waals surface area contributed by atoms with Crippen molar-refractivity contribution in [3.8, 4) is 0 Å². The zero-order valence-corrected chi connectivity index (χ0v) is 16.8. The molecular weight excluding hydrogens is 330 g/mol. The van der Waals surface area contributed by atoms with Crippen molar-refractivity contribution in [3.05, 3.63) is 23.2 Å². The first kappa shape index (κ1) is 23.8. The van der Waals surface area contributed by atoms with Crippen LogP contribution >= 0.6 is 11.3 Å². The summed E-state index contributed by atoms with van der Waals surface area (Å²) >= 11 is 1.49. The van der Waals surface area contributed by atoms with E-state index in [9.17, 15) is 4.79 Å². The molecule has 1 rings (SSSR count). The molecule has 0 aromatic carbocycles. The molecule has 5 heteroatoms. The maximum absolute atomic E-state index is 10.5.